The topological polar surface area (TPSA) is 62.1 Å². The van der Waals surface area contributed by atoms with Crippen molar-refractivity contribution in [1.29, 1.82) is 5.26 Å². The van der Waals surface area contributed by atoms with E-state index in [1.165, 1.54) is 12.1 Å². The highest BCUT2D eigenvalue weighted by Gasteiger charge is 2.12. The zero-order valence-electron chi connectivity index (χ0n) is 13.9. The number of rotatable bonds is 6. The van der Waals surface area contributed by atoms with Crippen molar-refractivity contribution in [3.8, 4) is 11.8 Å². The van der Waals surface area contributed by atoms with Crippen LogP contribution in [0.2, 0.25) is 15.1 Å². The highest BCUT2D eigenvalue weighted by molar-refractivity contribution is 6.42. The first-order chi connectivity index (χ1) is 12.4. The van der Waals surface area contributed by atoms with Crippen molar-refractivity contribution in [2.75, 3.05) is 11.9 Å². The number of halogens is 3. The van der Waals surface area contributed by atoms with Crippen LogP contribution in [0.1, 0.15) is 18.9 Å². The number of benzene rings is 2. The highest BCUT2D eigenvalue weighted by atomic mass is 35.5. The highest BCUT2D eigenvalue weighted by Crippen LogP contribution is 2.27. The summed E-state index contributed by atoms with van der Waals surface area (Å²) in [6, 6.07) is 11.6. The van der Waals surface area contributed by atoms with Crippen LogP contribution in [0.15, 0.2) is 42.0 Å². The maximum Gasteiger partial charge on any atom is 0.266 e. The van der Waals surface area contributed by atoms with Crippen LogP contribution >= 0.6 is 34.8 Å². The number of amides is 1. The summed E-state index contributed by atoms with van der Waals surface area (Å²) in [6.07, 6.45) is 2.26. The predicted octanol–water partition coefficient (Wildman–Crippen LogP) is 5.98. The Kier molecular flexibility index (Phi) is 7.35. The molecule has 0 saturated carbocycles. The number of ether oxygens (including phenoxy) is 1. The van der Waals surface area contributed by atoms with Crippen LogP contribution in [-0.2, 0) is 4.79 Å². The Morgan fingerprint density at radius 2 is 1.96 bits per heavy atom. The zero-order valence-corrected chi connectivity index (χ0v) is 16.1. The van der Waals surface area contributed by atoms with Crippen LogP contribution in [-0.4, -0.2) is 12.5 Å². The van der Waals surface area contributed by atoms with Crippen molar-refractivity contribution in [1.82, 2.24) is 0 Å². The first-order valence-electron chi connectivity index (χ1n) is 7.75. The van der Waals surface area contributed by atoms with E-state index in [0.717, 1.165) is 6.42 Å². The largest absolute Gasteiger partial charge is 0.493 e. The lowest BCUT2D eigenvalue weighted by atomic mass is 10.1. The molecule has 0 aromatic heterocycles. The number of nitrogens with zero attached hydrogens (tertiary/aromatic N) is 1. The number of anilines is 1. The van der Waals surface area contributed by atoms with Gasteiger partial charge in [-0.25, -0.2) is 0 Å². The van der Waals surface area contributed by atoms with Crippen molar-refractivity contribution in [2.24, 2.45) is 0 Å². The Morgan fingerprint density at radius 3 is 2.62 bits per heavy atom. The van der Waals surface area contributed by atoms with Crippen molar-refractivity contribution >= 4 is 52.5 Å². The van der Waals surface area contributed by atoms with Gasteiger partial charge in [0.25, 0.3) is 5.91 Å². The van der Waals surface area contributed by atoms with E-state index in [1.807, 2.05) is 13.0 Å². The molecule has 0 atom stereocenters. The van der Waals surface area contributed by atoms with Crippen LogP contribution in [0.5, 0.6) is 5.75 Å². The molecule has 1 amide bonds. The van der Waals surface area contributed by atoms with Crippen LogP contribution in [0.3, 0.4) is 0 Å². The lowest BCUT2D eigenvalue weighted by Gasteiger charge is -2.10. The molecule has 0 unspecified atom stereocenters. The minimum absolute atomic E-state index is 0.0975. The van der Waals surface area contributed by atoms with Crippen molar-refractivity contribution in [3.05, 3.63) is 62.6 Å². The van der Waals surface area contributed by atoms with Gasteiger partial charge in [0.05, 0.1) is 16.7 Å². The number of nitrogens with one attached hydrogen (secondary N) is 1. The molecule has 0 radical (unpaired) electrons. The minimum Gasteiger partial charge on any atom is -0.493 e. The summed E-state index contributed by atoms with van der Waals surface area (Å²) in [6.45, 7) is 2.50. The maximum absolute atomic E-state index is 12.4. The predicted molar refractivity (Wildman–Crippen MR) is 106 cm³/mol. The molecule has 4 nitrogen and oxygen atoms in total. The molecular formula is C19H15Cl3N2O2. The van der Waals surface area contributed by atoms with Gasteiger partial charge in [-0.05, 0) is 48.9 Å². The molecule has 0 heterocycles. The molecule has 134 valence electrons. The van der Waals surface area contributed by atoms with Crippen molar-refractivity contribution in [3.63, 3.8) is 0 Å². The van der Waals surface area contributed by atoms with E-state index in [4.69, 9.17) is 39.5 Å². The fraction of sp³-hybridized carbons (Fsp3) is 0.158. The number of carbonyl (C=O) groups is 1. The quantitative estimate of drug-likeness (QED) is 0.471. The molecule has 2 aromatic carbocycles. The number of hydrogen-bond donors (Lipinski definition) is 1. The summed E-state index contributed by atoms with van der Waals surface area (Å²) in [5, 5.41) is 13.1. The van der Waals surface area contributed by atoms with E-state index in [9.17, 15) is 10.1 Å². The second-order valence-electron chi connectivity index (χ2n) is 5.28. The first kappa shape index (κ1) is 20.1. The van der Waals surface area contributed by atoms with Gasteiger partial charge in [0, 0.05) is 16.3 Å². The van der Waals surface area contributed by atoms with E-state index < -0.39 is 5.91 Å². The van der Waals surface area contributed by atoms with Gasteiger partial charge in [0.1, 0.15) is 17.4 Å². The Labute approximate surface area is 166 Å². The maximum atomic E-state index is 12.4. The average molecular weight is 410 g/mol. The number of carbonyl (C=O) groups excluding carboxylic acids is 1. The van der Waals surface area contributed by atoms with Gasteiger partial charge < -0.3 is 10.1 Å². The van der Waals surface area contributed by atoms with Gasteiger partial charge in [0.2, 0.25) is 0 Å². The molecule has 0 aliphatic heterocycles. The second kappa shape index (κ2) is 9.49. The summed E-state index contributed by atoms with van der Waals surface area (Å²) in [5.41, 5.74) is 0.880. The summed E-state index contributed by atoms with van der Waals surface area (Å²) in [5.74, 6) is -0.0290. The molecule has 0 bridgehead atoms. The fourth-order valence-corrected chi connectivity index (χ4v) is 2.53. The van der Waals surface area contributed by atoms with Crippen LogP contribution in [0.4, 0.5) is 5.69 Å². The summed E-state index contributed by atoms with van der Waals surface area (Å²) < 4.78 is 5.64. The zero-order chi connectivity index (χ0) is 19.1. The van der Waals surface area contributed by atoms with Crippen molar-refractivity contribution in [2.45, 2.75) is 13.3 Å². The van der Waals surface area contributed by atoms with Crippen LogP contribution < -0.4 is 10.1 Å². The monoisotopic (exact) mass is 408 g/mol. The Bertz CT molecular complexity index is 889. The van der Waals surface area contributed by atoms with Gasteiger partial charge in [0.15, 0.2) is 0 Å². The van der Waals surface area contributed by atoms with Crippen LogP contribution in [0, 0.1) is 11.3 Å². The molecular weight excluding hydrogens is 395 g/mol. The Hall–Kier alpha value is -2.19. The summed E-state index contributed by atoms with van der Waals surface area (Å²) in [4.78, 5) is 12.4. The molecule has 0 aliphatic carbocycles. The van der Waals surface area contributed by atoms with E-state index >= 15 is 0 Å². The standard InChI is InChI=1S/C19H15Cl3N2O2/c1-2-7-26-18-6-3-14(20)9-12(18)8-13(11-23)19(25)24-15-4-5-16(21)17(22)10-15/h3-6,8-10H,2,7H2,1H3,(H,24,25)/b13-8+. The Morgan fingerprint density at radius 1 is 1.19 bits per heavy atom. The SMILES string of the molecule is CCCOc1ccc(Cl)cc1/C=C(\C#N)C(=O)Nc1ccc(Cl)c(Cl)c1. The number of hydrogen-bond acceptors (Lipinski definition) is 3. The molecule has 7 heteroatoms. The lowest BCUT2D eigenvalue weighted by Crippen LogP contribution is -2.13. The number of nitriles is 1. The van der Waals surface area contributed by atoms with Gasteiger partial charge in [-0.3, -0.25) is 4.79 Å². The molecule has 0 fully saturated rings. The molecule has 0 saturated heterocycles. The van der Waals surface area contributed by atoms with E-state index in [2.05, 4.69) is 5.32 Å². The van der Waals surface area contributed by atoms with E-state index in [0.29, 0.717) is 38.7 Å². The van der Waals surface area contributed by atoms with Gasteiger partial charge in [-0.15, -0.1) is 0 Å². The third-order valence-corrected chi connectivity index (χ3v) is 4.25. The lowest BCUT2D eigenvalue weighted by molar-refractivity contribution is -0.112. The van der Waals surface area contributed by atoms with E-state index in [-0.39, 0.29) is 5.57 Å². The molecule has 1 N–H and O–H groups in total. The van der Waals surface area contributed by atoms with E-state index in [1.54, 1.807) is 30.3 Å². The Balaban J connectivity index is 2.29. The fourth-order valence-electron chi connectivity index (χ4n) is 2.05. The second-order valence-corrected chi connectivity index (χ2v) is 6.53. The summed E-state index contributed by atoms with van der Waals surface area (Å²) >= 11 is 17.8. The smallest absolute Gasteiger partial charge is 0.266 e. The van der Waals surface area contributed by atoms with Crippen LogP contribution in [0.25, 0.3) is 6.08 Å². The molecule has 0 aliphatic rings. The van der Waals surface area contributed by atoms with Gasteiger partial charge >= 0.3 is 0 Å². The first-order valence-corrected chi connectivity index (χ1v) is 8.88. The third-order valence-electron chi connectivity index (χ3n) is 3.28. The minimum atomic E-state index is -0.577. The average Bonchev–Trinajstić information content (AvgIpc) is 2.62. The molecule has 0 spiro atoms. The van der Waals surface area contributed by atoms with Gasteiger partial charge in [-0.2, -0.15) is 5.26 Å². The van der Waals surface area contributed by atoms with Gasteiger partial charge in [-0.1, -0.05) is 41.7 Å². The molecule has 2 rings (SSSR count). The summed E-state index contributed by atoms with van der Waals surface area (Å²) in [7, 11) is 0. The third kappa shape index (κ3) is 5.40. The van der Waals surface area contributed by atoms with Crippen molar-refractivity contribution < 1.29 is 9.53 Å². The molecule has 2 aromatic rings. The molecule has 26 heavy (non-hydrogen) atoms. The normalized spacial score (nSPS) is 11.0.